The van der Waals surface area contributed by atoms with Crippen LogP contribution in [-0.4, -0.2) is 50.5 Å². The molecule has 0 radical (unpaired) electrons. The Morgan fingerprint density at radius 2 is 0.662 bits per heavy atom. The quantitative estimate of drug-likeness (QED) is 0.148. The molecule has 10 nitrogen and oxygen atoms in total. The lowest BCUT2D eigenvalue weighted by molar-refractivity contribution is 0.513. The molecule has 71 heavy (non-hydrogen) atoms. The van der Waals surface area contributed by atoms with Crippen molar-refractivity contribution in [1.29, 1.82) is 0 Å². The Morgan fingerprint density at radius 1 is 0.310 bits per heavy atom. The molecule has 0 aliphatic rings. The lowest BCUT2D eigenvalue weighted by Crippen LogP contribution is -2.21. The Balaban J connectivity index is 0.000000444. The fourth-order valence-corrected chi connectivity index (χ4v) is 6.18. The summed E-state index contributed by atoms with van der Waals surface area (Å²) >= 11 is 0. The molecule has 0 aliphatic carbocycles. The van der Waals surface area contributed by atoms with Gasteiger partial charge in [0.05, 0.1) is 35.2 Å². The van der Waals surface area contributed by atoms with Gasteiger partial charge in [0, 0.05) is 61.2 Å². The van der Waals surface area contributed by atoms with Gasteiger partial charge < -0.3 is 0 Å². The van der Waals surface area contributed by atoms with Crippen LogP contribution in [0.25, 0.3) is 0 Å². The molecule has 5 heterocycles. The number of rotatable bonds is 0. The Hall–Kier alpha value is -4.60. The number of nitrogens with zero attached hydrogens (tertiary/aromatic N) is 10. The van der Waals surface area contributed by atoms with Gasteiger partial charge >= 0.3 is 0 Å². The first kappa shape index (κ1) is 64.4. The van der Waals surface area contributed by atoms with Gasteiger partial charge in [0.25, 0.3) is 0 Å². The lowest BCUT2D eigenvalue weighted by Gasteiger charge is -2.24. The third-order valence-corrected chi connectivity index (χ3v) is 11.4. The molecule has 5 aromatic rings. The number of aryl methyl sites for hydroxylation is 1. The van der Waals surface area contributed by atoms with Gasteiger partial charge in [0.1, 0.15) is 12.2 Å². The molecule has 0 spiro atoms. The monoisotopic (exact) mass is 975 g/mol. The van der Waals surface area contributed by atoms with E-state index in [0.717, 1.165) is 45.7 Å². The van der Waals surface area contributed by atoms with Crippen molar-refractivity contribution in [2.75, 3.05) is 0 Å². The molecule has 0 fully saturated rings. The van der Waals surface area contributed by atoms with Gasteiger partial charge in [-0.05, 0) is 70.2 Å². The number of aromatic nitrogens is 10. The summed E-state index contributed by atoms with van der Waals surface area (Å²) in [4.78, 5) is 17.5. The van der Waals surface area contributed by atoms with Crippen molar-refractivity contribution in [2.24, 2.45) is 0 Å². The van der Waals surface area contributed by atoms with Crippen LogP contribution in [0.1, 0.15) is 270 Å². The van der Waals surface area contributed by atoms with Gasteiger partial charge in [0.2, 0.25) is 0 Å². The summed E-state index contributed by atoms with van der Waals surface area (Å²) in [5, 5.41) is 25.0. The second-order valence-electron chi connectivity index (χ2n) is 29.4. The molecule has 0 atom stereocenters. The highest BCUT2D eigenvalue weighted by atomic mass is 15.1. The van der Waals surface area contributed by atoms with Crippen molar-refractivity contribution in [1.82, 2.24) is 50.5 Å². The first-order valence-electron chi connectivity index (χ1n) is 25.7. The molecule has 0 bridgehead atoms. The van der Waals surface area contributed by atoms with E-state index in [1.165, 1.54) is 16.7 Å². The molecule has 0 aromatic carbocycles. The van der Waals surface area contributed by atoms with Gasteiger partial charge in [-0.15, -0.1) is 0 Å². The SMILES string of the molecule is CC(C)(C)c1cc(C(C)(C)C)ncn1.CC(C)(C)c1ccnc(C(C)(C)C)n1.CC(C)(C)c1cnnc(C(C)(C)C)c1.CC(C)(C)c1cnnc(C(C)(C)C)c1.Cc1nnc(C(C)(C)C)cc1C(C)(C)C. The molecule has 5 aromatic heterocycles. The van der Waals surface area contributed by atoms with Crippen LogP contribution in [0.5, 0.6) is 0 Å². The minimum Gasteiger partial charge on any atom is -0.241 e. The van der Waals surface area contributed by atoms with Crippen LogP contribution in [0.2, 0.25) is 0 Å². The van der Waals surface area contributed by atoms with Crippen molar-refractivity contribution < 1.29 is 0 Å². The Labute approximate surface area is 435 Å². The first-order chi connectivity index (χ1) is 31.5. The highest BCUT2D eigenvalue weighted by molar-refractivity contribution is 5.30. The highest BCUT2D eigenvalue weighted by Gasteiger charge is 2.26. The van der Waals surface area contributed by atoms with Gasteiger partial charge in [-0.1, -0.05) is 208 Å². The predicted molar refractivity (Wildman–Crippen MR) is 302 cm³/mol. The molecule has 5 rings (SSSR count). The Kier molecular flexibility index (Phi) is 21.3. The van der Waals surface area contributed by atoms with Gasteiger partial charge in [-0.25, -0.2) is 19.9 Å². The molecule has 0 unspecified atom stereocenters. The standard InChI is InChI=1S/C13H22N2.4C12H20N2/c1-9-10(12(2,3)4)8-11(15-14-9)13(5,6)7;1-11(2,3)9-7-10(12(4,5)6)14-8-13-9;2*1-11(2,3)9-7-10(12(4,5)6)14-13-8-9;1-11(2,3)9-7-8-13-10(14-9)12(4,5)6/h8H,1-7H3;4*7-8H,1-6H3. The van der Waals surface area contributed by atoms with E-state index in [0.29, 0.717) is 0 Å². The average Bonchev–Trinajstić information content (AvgIpc) is 3.19. The van der Waals surface area contributed by atoms with Gasteiger partial charge in [-0.2, -0.15) is 30.6 Å². The average molecular weight is 976 g/mol. The summed E-state index contributed by atoms with van der Waals surface area (Å²) in [5.74, 6) is 0.921. The highest BCUT2D eigenvalue weighted by Crippen LogP contribution is 2.31. The van der Waals surface area contributed by atoms with Crippen LogP contribution < -0.4 is 0 Å². The molecular weight excluding hydrogens is 873 g/mol. The zero-order valence-corrected chi connectivity index (χ0v) is 51.2. The molecule has 396 valence electrons. The van der Waals surface area contributed by atoms with E-state index < -0.39 is 0 Å². The number of hydrogen-bond acceptors (Lipinski definition) is 10. The second-order valence-corrected chi connectivity index (χ2v) is 29.4. The normalized spacial score (nSPS) is 13.0. The number of hydrogen-bond donors (Lipinski definition) is 0. The maximum Gasteiger partial charge on any atom is 0.133 e. The fraction of sp³-hybridized carbons (Fsp3) is 0.672. The summed E-state index contributed by atoms with van der Waals surface area (Å²) in [6, 6.07) is 10.6. The van der Waals surface area contributed by atoms with E-state index in [1.54, 1.807) is 6.33 Å². The van der Waals surface area contributed by atoms with Crippen LogP contribution in [0.15, 0.2) is 55.2 Å². The summed E-state index contributed by atoms with van der Waals surface area (Å²) in [6.45, 7) is 67.2. The molecule has 0 aliphatic heterocycles. The van der Waals surface area contributed by atoms with E-state index in [1.807, 2.05) is 31.6 Å². The van der Waals surface area contributed by atoms with Crippen LogP contribution in [-0.2, 0) is 54.1 Å². The van der Waals surface area contributed by atoms with Crippen LogP contribution in [0, 0.1) is 6.92 Å². The summed E-state index contributed by atoms with van der Waals surface area (Å²) < 4.78 is 0. The van der Waals surface area contributed by atoms with E-state index >= 15 is 0 Å². The third kappa shape index (κ3) is 22.4. The van der Waals surface area contributed by atoms with Crippen molar-refractivity contribution >= 4 is 0 Å². The maximum absolute atomic E-state index is 4.60. The summed E-state index contributed by atoms with van der Waals surface area (Å²) in [5.41, 5.74) is 12.3. The van der Waals surface area contributed by atoms with Crippen LogP contribution in [0.3, 0.4) is 0 Å². The van der Waals surface area contributed by atoms with E-state index in [9.17, 15) is 0 Å². The molecule has 0 N–H and O–H groups in total. The zero-order valence-electron chi connectivity index (χ0n) is 51.2. The molecule has 0 saturated carbocycles. The molecule has 10 heteroatoms. The van der Waals surface area contributed by atoms with E-state index in [-0.39, 0.29) is 54.1 Å². The van der Waals surface area contributed by atoms with Gasteiger partial charge in [-0.3, -0.25) is 0 Å². The molecule has 0 amide bonds. The Bertz CT molecular complexity index is 2030. The van der Waals surface area contributed by atoms with Gasteiger partial charge in [0.15, 0.2) is 0 Å². The van der Waals surface area contributed by atoms with Crippen molar-refractivity contribution in [2.45, 2.75) is 269 Å². The zero-order chi connectivity index (χ0) is 55.8. The summed E-state index contributed by atoms with van der Waals surface area (Å²) in [6.07, 6.45) is 7.24. The molecule has 0 saturated heterocycles. The minimum absolute atomic E-state index is 0.0290. The smallest absolute Gasteiger partial charge is 0.133 e. The van der Waals surface area contributed by atoms with E-state index in [2.05, 4.69) is 283 Å². The minimum atomic E-state index is 0.0290. The maximum atomic E-state index is 4.60. The molecular formula is C61H102N10. The largest absolute Gasteiger partial charge is 0.241 e. The lowest BCUT2D eigenvalue weighted by atomic mass is 9.83. The first-order valence-corrected chi connectivity index (χ1v) is 25.7. The van der Waals surface area contributed by atoms with Crippen molar-refractivity contribution in [3.63, 3.8) is 0 Å². The van der Waals surface area contributed by atoms with Crippen LogP contribution >= 0.6 is 0 Å². The van der Waals surface area contributed by atoms with E-state index in [4.69, 9.17) is 0 Å². The van der Waals surface area contributed by atoms with Crippen LogP contribution in [0.4, 0.5) is 0 Å². The predicted octanol–water partition coefficient (Wildman–Crippen LogP) is 15.7. The van der Waals surface area contributed by atoms with Crippen molar-refractivity contribution in [3.05, 3.63) is 118 Å². The third-order valence-electron chi connectivity index (χ3n) is 11.4. The summed E-state index contributed by atoms with van der Waals surface area (Å²) in [7, 11) is 0. The topological polar surface area (TPSA) is 129 Å². The fourth-order valence-electron chi connectivity index (χ4n) is 6.18. The van der Waals surface area contributed by atoms with Crippen molar-refractivity contribution in [3.8, 4) is 0 Å². The second kappa shape index (κ2) is 23.5. The Morgan fingerprint density at radius 3 is 0.972 bits per heavy atom.